The van der Waals surface area contributed by atoms with Gasteiger partial charge in [0, 0.05) is 17.4 Å². The van der Waals surface area contributed by atoms with Gasteiger partial charge in [-0.1, -0.05) is 30.3 Å². The average molecular weight is 259 g/mol. The number of carbonyl (C=O) groups is 2. The van der Waals surface area contributed by atoms with Gasteiger partial charge < -0.3 is 5.32 Å². The van der Waals surface area contributed by atoms with Crippen LogP contribution < -0.4 is 5.32 Å². The van der Waals surface area contributed by atoms with Gasteiger partial charge in [0.1, 0.15) is 5.00 Å². The number of nitrogens with one attached hydrogen (secondary N) is 1. The minimum atomic E-state index is -0.168. The molecule has 0 fully saturated rings. The van der Waals surface area contributed by atoms with E-state index >= 15 is 0 Å². The lowest BCUT2D eigenvalue weighted by molar-refractivity contribution is -0.114. The topological polar surface area (TPSA) is 46.2 Å². The first-order chi connectivity index (χ1) is 8.63. The maximum Gasteiger partial charge on any atom is 0.221 e. The molecule has 0 unspecified atom stereocenters. The van der Waals surface area contributed by atoms with Gasteiger partial charge in [0.25, 0.3) is 0 Å². The Hall–Kier alpha value is -1.94. The van der Waals surface area contributed by atoms with Crippen LogP contribution in [0.1, 0.15) is 22.2 Å². The monoisotopic (exact) mass is 259 g/mol. The van der Waals surface area contributed by atoms with Gasteiger partial charge in [-0.3, -0.25) is 9.59 Å². The van der Waals surface area contributed by atoms with Crippen molar-refractivity contribution in [3.05, 3.63) is 40.8 Å². The van der Waals surface area contributed by atoms with Crippen LogP contribution in [-0.4, -0.2) is 12.2 Å². The Balaban J connectivity index is 2.57. The number of carbonyl (C=O) groups excluding carboxylic acids is 2. The zero-order valence-corrected chi connectivity index (χ0v) is 11.0. The number of aryl methyl sites for hydroxylation is 1. The van der Waals surface area contributed by atoms with E-state index in [9.17, 15) is 9.59 Å². The van der Waals surface area contributed by atoms with E-state index in [1.165, 1.54) is 18.3 Å². The van der Waals surface area contributed by atoms with Crippen molar-refractivity contribution in [2.24, 2.45) is 0 Å². The van der Waals surface area contributed by atoms with E-state index in [4.69, 9.17) is 0 Å². The number of rotatable bonds is 3. The molecule has 0 aliphatic rings. The molecule has 2 aromatic rings. The molecule has 0 atom stereocenters. The smallest absolute Gasteiger partial charge is 0.221 e. The van der Waals surface area contributed by atoms with Crippen molar-refractivity contribution < 1.29 is 9.59 Å². The molecule has 1 N–H and O–H groups in total. The van der Waals surface area contributed by atoms with Gasteiger partial charge >= 0.3 is 0 Å². The van der Waals surface area contributed by atoms with E-state index in [1.807, 2.05) is 37.3 Å². The van der Waals surface area contributed by atoms with Crippen LogP contribution in [0.2, 0.25) is 0 Å². The second-order valence-corrected chi connectivity index (χ2v) is 5.17. The van der Waals surface area contributed by atoms with E-state index in [0.717, 1.165) is 22.3 Å². The molecule has 0 saturated heterocycles. The summed E-state index contributed by atoms with van der Waals surface area (Å²) in [5.41, 5.74) is 2.45. The number of amides is 1. The van der Waals surface area contributed by atoms with Crippen LogP contribution in [0.25, 0.3) is 11.1 Å². The number of aldehydes is 1. The van der Waals surface area contributed by atoms with E-state index in [0.29, 0.717) is 10.6 Å². The van der Waals surface area contributed by atoms with Crippen molar-refractivity contribution in [2.45, 2.75) is 13.8 Å². The Bertz CT molecular complexity index is 587. The SMILES string of the molecule is CC(=O)Nc1sc(C)c(-c2ccccc2)c1C=O. The predicted octanol–water partition coefficient (Wildman–Crippen LogP) is 3.49. The van der Waals surface area contributed by atoms with Gasteiger partial charge in [-0.2, -0.15) is 0 Å². The minimum Gasteiger partial charge on any atom is -0.317 e. The van der Waals surface area contributed by atoms with Crippen LogP contribution in [0.4, 0.5) is 5.00 Å². The number of hydrogen-bond acceptors (Lipinski definition) is 3. The number of thiophene rings is 1. The Kier molecular flexibility index (Phi) is 3.58. The predicted molar refractivity (Wildman–Crippen MR) is 74.2 cm³/mol. The van der Waals surface area contributed by atoms with E-state index < -0.39 is 0 Å². The summed E-state index contributed by atoms with van der Waals surface area (Å²) in [7, 11) is 0. The van der Waals surface area contributed by atoms with E-state index in [1.54, 1.807) is 0 Å². The summed E-state index contributed by atoms with van der Waals surface area (Å²) in [4.78, 5) is 23.4. The fraction of sp³-hybridized carbons (Fsp3) is 0.143. The first-order valence-corrected chi connectivity index (χ1v) is 6.36. The molecular weight excluding hydrogens is 246 g/mol. The molecule has 2 rings (SSSR count). The second kappa shape index (κ2) is 5.14. The van der Waals surface area contributed by atoms with Gasteiger partial charge in [-0.05, 0) is 12.5 Å². The van der Waals surface area contributed by atoms with Gasteiger partial charge in [0.15, 0.2) is 6.29 Å². The molecule has 0 saturated carbocycles. The number of benzene rings is 1. The third-order valence-corrected chi connectivity index (χ3v) is 3.63. The molecule has 1 aromatic heterocycles. The highest BCUT2D eigenvalue weighted by atomic mass is 32.1. The van der Waals surface area contributed by atoms with Crippen LogP contribution in [0, 0.1) is 6.92 Å². The third kappa shape index (κ3) is 2.33. The molecule has 1 amide bonds. The molecule has 1 heterocycles. The van der Waals surface area contributed by atoms with Gasteiger partial charge in [0.2, 0.25) is 5.91 Å². The van der Waals surface area contributed by atoms with Crippen molar-refractivity contribution >= 4 is 28.5 Å². The molecule has 0 bridgehead atoms. The van der Waals surface area contributed by atoms with E-state index in [-0.39, 0.29) is 5.91 Å². The van der Waals surface area contributed by atoms with Crippen LogP contribution in [0.15, 0.2) is 30.3 Å². The van der Waals surface area contributed by atoms with Crippen LogP contribution in [0.3, 0.4) is 0 Å². The van der Waals surface area contributed by atoms with Gasteiger partial charge in [-0.25, -0.2) is 0 Å². The summed E-state index contributed by atoms with van der Waals surface area (Å²) in [6, 6.07) is 9.71. The summed E-state index contributed by atoms with van der Waals surface area (Å²) in [5.74, 6) is -0.168. The van der Waals surface area contributed by atoms with Gasteiger partial charge in [0.05, 0.1) is 5.56 Å². The van der Waals surface area contributed by atoms with Crippen LogP contribution >= 0.6 is 11.3 Å². The fourth-order valence-electron chi connectivity index (χ4n) is 1.89. The van der Waals surface area contributed by atoms with Crippen LogP contribution in [0.5, 0.6) is 0 Å². The summed E-state index contributed by atoms with van der Waals surface area (Å²) in [6.45, 7) is 3.39. The lowest BCUT2D eigenvalue weighted by Crippen LogP contribution is -2.05. The lowest BCUT2D eigenvalue weighted by Gasteiger charge is -2.02. The molecule has 0 spiro atoms. The largest absolute Gasteiger partial charge is 0.317 e. The molecule has 3 nitrogen and oxygen atoms in total. The molecule has 92 valence electrons. The molecule has 0 aliphatic heterocycles. The second-order valence-electron chi connectivity index (χ2n) is 3.94. The quantitative estimate of drug-likeness (QED) is 0.857. The summed E-state index contributed by atoms with van der Waals surface area (Å²) < 4.78 is 0. The van der Waals surface area contributed by atoms with Crippen LogP contribution in [-0.2, 0) is 4.79 Å². The summed E-state index contributed by atoms with van der Waals surface area (Å²) in [5, 5.41) is 3.32. The zero-order valence-electron chi connectivity index (χ0n) is 10.2. The molecule has 0 aliphatic carbocycles. The molecule has 0 radical (unpaired) electrons. The van der Waals surface area contributed by atoms with Crippen molar-refractivity contribution in [2.75, 3.05) is 5.32 Å². The minimum absolute atomic E-state index is 0.168. The Morgan fingerprint density at radius 1 is 1.28 bits per heavy atom. The van der Waals surface area contributed by atoms with Crippen molar-refractivity contribution in [1.82, 2.24) is 0 Å². The van der Waals surface area contributed by atoms with Gasteiger partial charge in [-0.15, -0.1) is 11.3 Å². The Labute approximate surface area is 109 Å². The molecular formula is C14H13NO2S. The lowest BCUT2D eigenvalue weighted by atomic mass is 10.0. The average Bonchev–Trinajstić information content (AvgIpc) is 2.65. The third-order valence-electron chi connectivity index (χ3n) is 2.59. The summed E-state index contributed by atoms with van der Waals surface area (Å²) >= 11 is 1.43. The fourth-order valence-corrected chi connectivity index (χ4v) is 2.98. The van der Waals surface area contributed by atoms with E-state index in [2.05, 4.69) is 5.32 Å². The van der Waals surface area contributed by atoms with Crippen molar-refractivity contribution in [3.8, 4) is 11.1 Å². The maximum absolute atomic E-state index is 11.3. The number of anilines is 1. The highest BCUT2D eigenvalue weighted by Crippen LogP contribution is 2.38. The maximum atomic E-state index is 11.3. The van der Waals surface area contributed by atoms with Crippen molar-refractivity contribution in [1.29, 1.82) is 0 Å². The Morgan fingerprint density at radius 3 is 2.50 bits per heavy atom. The first-order valence-electron chi connectivity index (χ1n) is 5.55. The molecule has 18 heavy (non-hydrogen) atoms. The normalized spacial score (nSPS) is 10.1. The first kappa shape index (κ1) is 12.5. The van der Waals surface area contributed by atoms with Crippen molar-refractivity contribution in [3.63, 3.8) is 0 Å². The standard InChI is InChI=1S/C14H13NO2S/c1-9-13(11-6-4-3-5-7-11)12(8-16)14(18-9)15-10(2)17/h3-8H,1-2H3,(H,15,17). The Morgan fingerprint density at radius 2 is 1.94 bits per heavy atom. The molecule has 4 heteroatoms. The highest BCUT2D eigenvalue weighted by molar-refractivity contribution is 7.17. The highest BCUT2D eigenvalue weighted by Gasteiger charge is 2.17. The molecule has 1 aromatic carbocycles. The number of hydrogen-bond donors (Lipinski definition) is 1. The summed E-state index contributed by atoms with van der Waals surface area (Å²) in [6.07, 6.45) is 0.803. The zero-order chi connectivity index (χ0) is 13.1.